The molecule has 3 rings (SSSR count). The lowest BCUT2D eigenvalue weighted by Crippen LogP contribution is -2.41. The second-order valence-corrected chi connectivity index (χ2v) is 5.25. The molecule has 2 aliphatic heterocycles. The van der Waals surface area contributed by atoms with Crippen LogP contribution in [0.2, 0.25) is 0 Å². The monoisotopic (exact) mass is 261 g/mol. The number of likely N-dealkylation sites (tertiary alicyclic amines) is 1. The van der Waals surface area contributed by atoms with E-state index in [1.807, 2.05) is 4.90 Å². The predicted octanol–water partition coefficient (Wildman–Crippen LogP) is 0.914. The maximum Gasteiger partial charge on any atom is 0.257 e. The number of aromatic nitrogens is 1. The van der Waals surface area contributed by atoms with Crippen LogP contribution in [0.3, 0.4) is 0 Å². The number of rotatable bonds is 2. The van der Waals surface area contributed by atoms with Crippen LogP contribution in [0.5, 0.6) is 5.75 Å². The van der Waals surface area contributed by atoms with Crippen molar-refractivity contribution in [1.29, 1.82) is 0 Å². The van der Waals surface area contributed by atoms with Gasteiger partial charge in [0.2, 0.25) is 0 Å². The molecule has 3 heterocycles. The number of nitrogens with one attached hydrogen (secondary N) is 1. The second-order valence-electron chi connectivity index (χ2n) is 5.25. The van der Waals surface area contributed by atoms with Crippen molar-refractivity contribution < 1.29 is 9.53 Å². The maximum absolute atomic E-state index is 12.6. The molecular weight excluding hydrogens is 242 g/mol. The molecule has 1 N–H and O–H groups in total. The van der Waals surface area contributed by atoms with Crippen molar-refractivity contribution in [3.8, 4) is 5.75 Å². The van der Waals surface area contributed by atoms with E-state index in [2.05, 4.69) is 10.3 Å². The number of amides is 1. The number of carbonyl (C=O) groups excluding carboxylic acids is 1. The third-order valence-electron chi connectivity index (χ3n) is 4.12. The van der Waals surface area contributed by atoms with E-state index < -0.39 is 0 Å². The third kappa shape index (κ3) is 2.30. The Kier molecular flexibility index (Phi) is 3.38. The first-order chi connectivity index (χ1) is 9.29. The van der Waals surface area contributed by atoms with Crippen molar-refractivity contribution in [3.05, 3.63) is 24.0 Å². The zero-order chi connectivity index (χ0) is 13.2. The highest BCUT2D eigenvalue weighted by Gasteiger charge is 2.37. The summed E-state index contributed by atoms with van der Waals surface area (Å²) in [6, 6.07) is 2.20. The molecule has 0 unspecified atom stereocenters. The topological polar surface area (TPSA) is 54.5 Å². The number of pyridine rings is 1. The van der Waals surface area contributed by atoms with Crippen molar-refractivity contribution >= 4 is 5.91 Å². The van der Waals surface area contributed by atoms with Gasteiger partial charge in [-0.05, 0) is 31.4 Å². The Balaban J connectivity index is 1.77. The maximum atomic E-state index is 12.6. The van der Waals surface area contributed by atoms with E-state index in [-0.39, 0.29) is 5.91 Å². The Bertz CT molecular complexity index is 464. The molecule has 2 fully saturated rings. The average molecular weight is 261 g/mol. The minimum absolute atomic E-state index is 0.0513. The Morgan fingerprint density at radius 2 is 2.42 bits per heavy atom. The van der Waals surface area contributed by atoms with Gasteiger partial charge in [0.15, 0.2) is 0 Å². The first-order valence-corrected chi connectivity index (χ1v) is 6.80. The van der Waals surface area contributed by atoms with Crippen molar-refractivity contribution in [2.75, 3.05) is 26.7 Å². The molecular formula is C14H19N3O2. The lowest BCUT2D eigenvalue weighted by molar-refractivity contribution is 0.0782. The van der Waals surface area contributed by atoms with Gasteiger partial charge in [-0.3, -0.25) is 9.78 Å². The lowest BCUT2D eigenvalue weighted by Gasteiger charge is -2.24. The van der Waals surface area contributed by atoms with Gasteiger partial charge in [0.25, 0.3) is 5.91 Å². The van der Waals surface area contributed by atoms with Crippen LogP contribution < -0.4 is 10.1 Å². The molecule has 5 nitrogen and oxygen atoms in total. The van der Waals surface area contributed by atoms with Gasteiger partial charge in [-0.15, -0.1) is 0 Å². The molecule has 5 heteroatoms. The second kappa shape index (κ2) is 5.17. The SMILES string of the molecule is COc1cnccc1C(=O)N1C[C@@H]2CCCN[C@@H]2C1. The molecule has 0 radical (unpaired) electrons. The van der Waals surface area contributed by atoms with E-state index in [0.29, 0.717) is 23.3 Å². The number of hydrogen-bond donors (Lipinski definition) is 1. The molecule has 0 spiro atoms. The number of nitrogens with zero attached hydrogens (tertiary/aromatic N) is 2. The van der Waals surface area contributed by atoms with Gasteiger partial charge >= 0.3 is 0 Å². The summed E-state index contributed by atoms with van der Waals surface area (Å²) in [5, 5.41) is 3.51. The van der Waals surface area contributed by atoms with Gasteiger partial charge < -0.3 is 15.0 Å². The zero-order valence-corrected chi connectivity index (χ0v) is 11.1. The van der Waals surface area contributed by atoms with E-state index >= 15 is 0 Å². The van der Waals surface area contributed by atoms with Crippen LogP contribution in [-0.2, 0) is 0 Å². The van der Waals surface area contributed by atoms with Crippen LogP contribution in [0.1, 0.15) is 23.2 Å². The summed E-state index contributed by atoms with van der Waals surface area (Å²) in [6.45, 7) is 2.72. The fraction of sp³-hybridized carbons (Fsp3) is 0.571. The molecule has 2 atom stereocenters. The van der Waals surface area contributed by atoms with E-state index in [1.165, 1.54) is 12.8 Å². The minimum Gasteiger partial charge on any atom is -0.494 e. The molecule has 0 aliphatic carbocycles. The Labute approximate surface area is 113 Å². The van der Waals surface area contributed by atoms with E-state index in [4.69, 9.17) is 4.74 Å². The van der Waals surface area contributed by atoms with Crippen LogP contribution in [-0.4, -0.2) is 48.6 Å². The highest BCUT2D eigenvalue weighted by atomic mass is 16.5. The van der Waals surface area contributed by atoms with Gasteiger partial charge in [0, 0.05) is 25.3 Å². The minimum atomic E-state index is 0.0513. The molecule has 2 saturated heterocycles. The third-order valence-corrected chi connectivity index (χ3v) is 4.12. The molecule has 102 valence electrons. The van der Waals surface area contributed by atoms with E-state index in [0.717, 1.165) is 19.6 Å². The normalized spacial score (nSPS) is 26.1. The van der Waals surface area contributed by atoms with Gasteiger partial charge in [0.1, 0.15) is 5.75 Å². The van der Waals surface area contributed by atoms with Crippen molar-refractivity contribution in [3.63, 3.8) is 0 Å². The van der Waals surface area contributed by atoms with Gasteiger partial charge in [-0.1, -0.05) is 0 Å². The van der Waals surface area contributed by atoms with Crippen LogP contribution in [0, 0.1) is 5.92 Å². The summed E-state index contributed by atoms with van der Waals surface area (Å²) in [5.41, 5.74) is 0.608. The summed E-state index contributed by atoms with van der Waals surface area (Å²) < 4.78 is 5.22. The standard InChI is InChI=1S/C14H19N3O2/c1-19-13-7-15-6-4-11(13)14(18)17-8-10-3-2-5-16-12(10)9-17/h4,6-7,10,12,16H,2-3,5,8-9H2,1H3/t10-,12+/m0/s1. The zero-order valence-electron chi connectivity index (χ0n) is 11.1. The number of hydrogen-bond acceptors (Lipinski definition) is 4. The first-order valence-electron chi connectivity index (χ1n) is 6.80. The molecule has 19 heavy (non-hydrogen) atoms. The van der Waals surface area contributed by atoms with Gasteiger partial charge in [-0.2, -0.15) is 0 Å². The fourth-order valence-electron chi connectivity index (χ4n) is 3.10. The molecule has 1 aromatic rings. The largest absolute Gasteiger partial charge is 0.494 e. The van der Waals surface area contributed by atoms with Crippen molar-refractivity contribution in [2.45, 2.75) is 18.9 Å². The molecule has 1 aromatic heterocycles. The number of fused-ring (bicyclic) bond motifs is 1. The number of methoxy groups -OCH3 is 1. The molecule has 1 amide bonds. The van der Waals surface area contributed by atoms with Crippen LogP contribution in [0.25, 0.3) is 0 Å². The number of carbonyl (C=O) groups is 1. The van der Waals surface area contributed by atoms with E-state index in [9.17, 15) is 4.79 Å². The Hall–Kier alpha value is -1.62. The van der Waals surface area contributed by atoms with Crippen molar-refractivity contribution in [1.82, 2.24) is 15.2 Å². The highest BCUT2D eigenvalue weighted by molar-refractivity contribution is 5.97. The Morgan fingerprint density at radius 3 is 3.21 bits per heavy atom. The summed E-state index contributed by atoms with van der Waals surface area (Å²) in [5.74, 6) is 1.20. The van der Waals surface area contributed by atoms with E-state index in [1.54, 1.807) is 25.6 Å². The molecule has 0 saturated carbocycles. The smallest absolute Gasteiger partial charge is 0.257 e. The first kappa shape index (κ1) is 12.4. The van der Waals surface area contributed by atoms with Crippen LogP contribution in [0.4, 0.5) is 0 Å². The molecule has 0 bridgehead atoms. The van der Waals surface area contributed by atoms with Crippen LogP contribution in [0.15, 0.2) is 18.5 Å². The quantitative estimate of drug-likeness (QED) is 0.860. The number of ether oxygens (including phenoxy) is 1. The summed E-state index contributed by atoms with van der Waals surface area (Å²) in [4.78, 5) is 18.5. The van der Waals surface area contributed by atoms with Gasteiger partial charge in [-0.25, -0.2) is 0 Å². The fourth-order valence-corrected chi connectivity index (χ4v) is 3.10. The lowest BCUT2D eigenvalue weighted by atomic mass is 9.94. The Morgan fingerprint density at radius 1 is 1.53 bits per heavy atom. The summed E-state index contributed by atoms with van der Waals surface area (Å²) in [7, 11) is 1.57. The van der Waals surface area contributed by atoms with Crippen LogP contribution >= 0.6 is 0 Å². The summed E-state index contributed by atoms with van der Waals surface area (Å²) >= 11 is 0. The summed E-state index contributed by atoms with van der Waals surface area (Å²) in [6.07, 6.45) is 5.66. The molecule has 2 aliphatic rings. The highest BCUT2D eigenvalue weighted by Crippen LogP contribution is 2.27. The van der Waals surface area contributed by atoms with Gasteiger partial charge in [0.05, 0.1) is 18.9 Å². The predicted molar refractivity (Wildman–Crippen MR) is 71.2 cm³/mol. The molecule has 0 aromatic carbocycles. The average Bonchev–Trinajstić information content (AvgIpc) is 2.90. The van der Waals surface area contributed by atoms with Crippen molar-refractivity contribution in [2.24, 2.45) is 5.92 Å². The number of piperidine rings is 1.